The van der Waals surface area contributed by atoms with Gasteiger partial charge in [-0.3, -0.25) is 4.90 Å². The van der Waals surface area contributed by atoms with Crippen molar-refractivity contribution in [1.29, 1.82) is 0 Å². The third kappa shape index (κ3) is 5.58. The van der Waals surface area contributed by atoms with Crippen LogP contribution in [0.5, 0.6) is 11.5 Å². The SMILES string of the molecule is CCN1CCCC1CNc1nc(Nc2ccc3c(c2)OCO3)nc(NC2CCCCCC2)n1. The number of likely N-dealkylation sites (N-methyl/N-ethyl adjacent to an activating group) is 1. The lowest BCUT2D eigenvalue weighted by Crippen LogP contribution is -2.35. The van der Waals surface area contributed by atoms with Crippen molar-refractivity contribution in [3.05, 3.63) is 18.2 Å². The minimum atomic E-state index is 0.254. The highest BCUT2D eigenvalue weighted by Crippen LogP contribution is 2.35. The summed E-state index contributed by atoms with van der Waals surface area (Å²) in [5.41, 5.74) is 0.852. The minimum Gasteiger partial charge on any atom is -0.454 e. The summed E-state index contributed by atoms with van der Waals surface area (Å²) in [6, 6.07) is 6.69. The molecule has 0 radical (unpaired) electrons. The number of nitrogens with zero attached hydrogens (tertiary/aromatic N) is 4. The Hall–Kier alpha value is -2.81. The van der Waals surface area contributed by atoms with Crippen molar-refractivity contribution in [3.8, 4) is 11.5 Å². The zero-order valence-corrected chi connectivity index (χ0v) is 19.5. The monoisotopic (exact) mass is 453 g/mol. The van der Waals surface area contributed by atoms with Crippen LogP contribution in [-0.4, -0.2) is 58.4 Å². The third-order valence-corrected chi connectivity index (χ3v) is 6.85. The number of likely N-dealkylation sites (tertiary alicyclic amines) is 1. The van der Waals surface area contributed by atoms with Crippen molar-refractivity contribution in [2.75, 3.05) is 42.4 Å². The highest BCUT2D eigenvalue weighted by Gasteiger charge is 2.23. The van der Waals surface area contributed by atoms with Crippen LogP contribution in [0.2, 0.25) is 0 Å². The molecule has 5 rings (SSSR count). The second-order valence-electron chi connectivity index (χ2n) is 9.14. The van der Waals surface area contributed by atoms with Crippen LogP contribution in [-0.2, 0) is 0 Å². The van der Waals surface area contributed by atoms with E-state index in [2.05, 4.69) is 32.8 Å². The fourth-order valence-corrected chi connectivity index (χ4v) is 5.04. The molecule has 9 nitrogen and oxygen atoms in total. The fourth-order valence-electron chi connectivity index (χ4n) is 5.04. The maximum absolute atomic E-state index is 5.51. The Morgan fingerprint density at radius 2 is 1.70 bits per heavy atom. The smallest absolute Gasteiger partial charge is 0.233 e. The molecule has 2 aromatic rings. The van der Waals surface area contributed by atoms with Gasteiger partial charge in [-0.2, -0.15) is 15.0 Å². The Bertz CT molecular complexity index is 933. The zero-order chi connectivity index (χ0) is 22.5. The van der Waals surface area contributed by atoms with E-state index in [1.807, 2.05) is 18.2 Å². The van der Waals surface area contributed by atoms with E-state index in [0.717, 1.165) is 43.1 Å². The predicted molar refractivity (Wildman–Crippen MR) is 130 cm³/mol. The maximum Gasteiger partial charge on any atom is 0.233 e. The lowest BCUT2D eigenvalue weighted by atomic mass is 10.1. The Morgan fingerprint density at radius 3 is 2.55 bits per heavy atom. The van der Waals surface area contributed by atoms with E-state index in [-0.39, 0.29) is 6.79 Å². The van der Waals surface area contributed by atoms with Crippen molar-refractivity contribution in [2.45, 2.75) is 70.4 Å². The van der Waals surface area contributed by atoms with Crippen molar-refractivity contribution in [1.82, 2.24) is 19.9 Å². The number of rotatable bonds is 8. The molecule has 178 valence electrons. The Morgan fingerprint density at radius 1 is 0.909 bits per heavy atom. The van der Waals surface area contributed by atoms with Gasteiger partial charge in [0.2, 0.25) is 24.6 Å². The molecule has 2 fully saturated rings. The van der Waals surface area contributed by atoms with E-state index in [1.165, 1.54) is 45.1 Å². The Balaban J connectivity index is 1.33. The second kappa shape index (κ2) is 10.4. The quantitative estimate of drug-likeness (QED) is 0.503. The average Bonchev–Trinajstić information content (AvgIpc) is 3.41. The van der Waals surface area contributed by atoms with Gasteiger partial charge in [-0.1, -0.05) is 32.6 Å². The number of anilines is 4. The van der Waals surface area contributed by atoms with Gasteiger partial charge in [0, 0.05) is 30.4 Å². The van der Waals surface area contributed by atoms with E-state index < -0.39 is 0 Å². The summed E-state index contributed by atoms with van der Waals surface area (Å²) < 4.78 is 10.9. The zero-order valence-electron chi connectivity index (χ0n) is 19.5. The third-order valence-electron chi connectivity index (χ3n) is 6.85. The molecule has 1 aromatic carbocycles. The van der Waals surface area contributed by atoms with E-state index in [4.69, 9.17) is 19.4 Å². The summed E-state index contributed by atoms with van der Waals surface area (Å²) in [6.07, 6.45) is 9.92. The van der Waals surface area contributed by atoms with Gasteiger partial charge >= 0.3 is 0 Å². The molecule has 1 saturated heterocycles. The van der Waals surface area contributed by atoms with Gasteiger partial charge in [0.25, 0.3) is 0 Å². The van der Waals surface area contributed by atoms with Crippen molar-refractivity contribution in [3.63, 3.8) is 0 Å². The fraction of sp³-hybridized carbons (Fsp3) is 0.625. The maximum atomic E-state index is 5.51. The van der Waals surface area contributed by atoms with Crippen LogP contribution in [0.4, 0.5) is 23.5 Å². The van der Waals surface area contributed by atoms with E-state index in [9.17, 15) is 0 Å². The molecule has 1 unspecified atom stereocenters. The molecular weight excluding hydrogens is 418 g/mol. The molecule has 0 spiro atoms. The Labute approximate surface area is 195 Å². The molecule has 1 aromatic heterocycles. The number of fused-ring (bicyclic) bond motifs is 1. The molecular formula is C24H35N7O2. The molecule has 3 N–H and O–H groups in total. The van der Waals surface area contributed by atoms with Crippen LogP contribution in [0.1, 0.15) is 58.3 Å². The van der Waals surface area contributed by atoms with E-state index in [1.54, 1.807) is 0 Å². The van der Waals surface area contributed by atoms with Gasteiger partial charge < -0.3 is 25.4 Å². The summed E-state index contributed by atoms with van der Waals surface area (Å²) in [4.78, 5) is 16.6. The highest BCUT2D eigenvalue weighted by molar-refractivity contribution is 5.61. The first kappa shape index (κ1) is 22.0. The molecule has 0 bridgehead atoms. The van der Waals surface area contributed by atoms with E-state index >= 15 is 0 Å². The van der Waals surface area contributed by atoms with Gasteiger partial charge in [0.05, 0.1) is 0 Å². The Kier molecular flexibility index (Phi) is 6.95. The number of hydrogen-bond acceptors (Lipinski definition) is 9. The second-order valence-corrected chi connectivity index (χ2v) is 9.14. The van der Waals surface area contributed by atoms with Crippen LogP contribution in [0.25, 0.3) is 0 Å². The number of nitrogens with one attached hydrogen (secondary N) is 3. The van der Waals surface area contributed by atoms with Crippen LogP contribution < -0.4 is 25.4 Å². The summed E-state index contributed by atoms with van der Waals surface area (Å²) in [6.45, 7) is 5.57. The molecule has 1 aliphatic carbocycles. The molecule has 1 atom stereocenters. The molecule has 3 aliphatic rings. The van der Waals surface area contributed by atoms with Gasteiger partial charge in [0.15, 0.2) is 11.5 Å². The lowest BCUT2D eigenvalue weighted by Gasteiger charge is -2.23. The molecule has 9 heteroatoms. The minimum absolute atomic E-state index is 0.254. The van der Waals surface area contributed by atoms with Gasteiger partial charge in [-0.15, -0.1) is 0 Å². The number of benzene rings is 1. The van der Waals surface area contributed by atoms with E-state index in [0.29, 0.717) is 29.9 Å². The predicted octanol–water partition coefficient (Wildman–Crippen LogP) is 4.37. The largest absolute Gasteiger partial charge is 0.454 e. The standard InChI is InChI=1S/C24H35N7O2/c1-2-31-13-7-10-19(31)15-25-22-28-23(26-17-8-5-3-4-6-9-17)30-24(29-22)27-18-11-12-20-21(14-18)33-16-32-20/h11-12,14,17,19H,2-10,13,15-16H2,1H3,(H3,25,26,27,28,29,30). The van der Waals surface area contributed by atoms with Crippen LogP contribution in [0, 0.1) is 0 Å². The first-order chi connectivity index (χ1) is 16.3. The van der Waals surface area contributed by atoms with Crippen LogP contribution in [0.3, 0.4) is 0 Å². The molecule has 33 heavy (non-hydrogen) atoms. The highest BCUT2D eigenvalue weighted by atomic mass is 16.7. The molecule has 3 heterocycles. The summed E-state index contributed by atoms with van der Waals surface area (Å²) in [7, 11) is 0. The molecule has 2 aliphatic heterocycles. The first-order valence-corrected chi connectivity index (χ1v) is 12.4. The summed E-state index contributed by atoms with van der Waals surface area (Å²) in [5, 5.41) is 10.4. The van der Waals surface area contributed by atoms with Crippen LogP contribution >= 0.6 is 0 Å². The van der Waals surface area contributed by atoms with Gasteiger partial charge in [0.1, 0.15) is 0 Å². The normalized spacial score (nSPS) is 21.1. The topological polar surface area (TPSA) is 96.5 Å². The van der Waals surface area contributed by atoms with Crippen LogP contribution in [0.15, 0.2) is 18.2 Å². The van der Waals surface area contributed by atoms with Crippen molar-refractivity contribution >= 4 is 23.5 Å². The number of ether oxygens (including phenoxy) is 2. The lowest BCUT2D eigenvalue weighted by molar-refractivity contribution is 0.174. The van der Waals surface area contributed by atoms with Gasteiger partial charge in [-0.25, -0.2) is 0 Å². The average molecular weight is 454 g/mol. The van der Waals surface area contributed by atoms with Gasteiger partial charge in [-0.05, 0) is 50.9 Å². The number of hydrogen-bond donors (Lipinski definition) is 3. The summed E-state index contributed by atoms with van der Waals surface area (Å²) >= 11 is 0. The summed E-state index contributed by atoms with van der Waals surface area (Å²) in [5.74, 6) is 3.23. The number of aromatic nitrogens is 3. The molecule has 0 amide bonds. The molecule has 1 saturated carbocycles. The van der Waals surface area contributed by atoms with Crippen molar-refractivity contribution in [2.24, 2.45) is 0 Å². The van der Waals surface area contributed by atoms with Crippen molar-refractivity contribution < 1.29 is 9.47 Å². The first-order valence-electron chi connectivity index (χ1n) is 12.4.